The van der Waals surface area contributed by atoms with Crippen LogP contribution in [-0.4, -0.2) is 45.9 Å². The van der Waals surface area contributed by atoms with Crippen molar-refractivity contribution in [3.63, 3.8) is 0 Å². The Labute approximate surface area is 168 Å². The van der Waals surface area contributed by atoms with Gasteiger partial charge >= 0.3 is 0 Å². The summed E-state index contributed by atoms with van der Waals surface area (Å²) in [4.78, 5) is 6.60. The molecule has 5 nitrogen and oxygen atoms in total. The Balaban J connectivity index is 1.74. The Hall–Kier alpha value is -1.96. The lowest BCUT2D eigenvalue weighted by Gasteiger charge is -2.14. The third-order valence-corrected chi connectivity index (χ3v) is 6.49. The molecule has 0 amide bonds. The first-order valence-electron chi connectivity index (χ1n) is 8.58. The van der Waals surface area contributed by atoms with Gasteiger partial charge < -0.3 is 10.2 Å². The Morgan fingerprint density at radius 3 is 2.63 bits per heavy atom. The van der Waals surface area contributed by atoms with Crippen molar-refractivity contribution in [1.82, 2.24) is 4.90 Å². The molecule has 0 saturated heterocycles. The van der Waals surface area contributed by atoms with Gasteiger partial charge in [-0.25, -0.2) is 8.42 Å². The van der Waals surface area contributed by atoms with E-state index >= 15 is 0 Å². The number of nitrogens with one attached hydrogen (secondary N) is 1. The smallest absolute Gasteiger partial charge is 0.179 e. The summed E-state index contributed by atoms with van der Waals surface area (Å²) < 4.78 is 25.7. The third kappa shape index (κ3) is 5.06. The van der Waals surface area contributed by atoms with E-state index < -0.39 is 9.84 Å². The van der Waals surface area contributed by atoms with Gasteiger partial charge in [0.1, 0.15) is 0 Å². The summed E-state index contributed by atoms with van der Waals surface area (Å²) >= 11 is 3.51. The van der Waals surface area contributed by atoms with E-state index in [1.54, 1.807) is 24.3 Å². The van der Waals surface area contributed by atoms with Gasteiger partial charge in [0.2, 0.25) is 0 Å². The topological polar surface area (TPSA) is 61.8 Å². The predicted molar refractivity (Wildman–Crippen MR) is 115 cm³/mol. The number of halogens is 1. The van der Waals surface area contributed by atoms with Crippen molar-refractivity contribution in [2.75, 3.05) is 31.7 Å². The number of anilines is 1. The molecular formula is C20H22BrN3O2S. The fraction of sp³-hybridized carbons (Fsp3) is 0.250. The molecule has 0 aromatic heterocycles. The van der Waals surface area contributed by atoms with Crippen LogP contribution in [0.25, 0.3) is 5.57 Å². The second-order valence-electron chi connectivity index (χ2n) is 6.66. The van der Waals surface area contributed by atoms with Crippen LogP contribution in [0.2, 0.25) is 0 Å². The fourth-order valence-corrected chi connectivity index (χ4v) is 4.48. The van der Waals surface area contributed by atoms with Crippen molar-refractivity contribution in [2.24, 2.45) is 4.99 Å². The number of hydrogen-bond acceptors (Lipinski definition) is 5. The number of allylic oxidation sites excluding steroid dienone is 1. The molecule has 1 N–H and O–H groups in total. The quantitative estimate of drug-likeness (QED) is 0.730. The van der Waals surface area contributed by atoms with Crippen LogP contribution in [0.5, 0.6) is 0 Å². The van der Waals surface area contributed by atoms with Gasteiger partial charge in [0.25, 0.3) is 0 Å². The first kappa shape index (κ1) is 19.8. The van der Waals surface area contributed by atoms with Crippen LogP contribution in [0.1, 0.15) is 11.1 Å². The summed E-state index contributed by atoms with van der Waals surface area (Å²) in [6.45, 7) is 1.18. The van der Waals surface area contributed by atoms with Crippen LogP contribution >= 0.6 is 15.9 Å². The molecule has 0 spiro atoms. The molecule has 1 aliphatic heterocycles. The Morgan fingerprint density at radius 2 is 1.93 bits per heavy atom. The monoisotopic (exact) mass is 447 g/mol. The molecule has 1 heterocycles. The van der Waals surface area contributed by atoms with Crippen LogP contribution in [-0.2, 0) is 16.4 Å². The van der Waals surface area contributed by atoms with E-state index in [0.29, 0.717) is 18.0 Å². The molecule has 0 aliphatic carbocycles. The number of aliphatic imine (C=N–C) groups is 1. The molecule has 2 aromatic carbocycles. The normalized spacial score (nSPS) is 15.2. The standard InChI is InChI=1S/C20H22BrN3O2S/c1-24(2)9-10-27(25,26)19-7-5-18(6-8-19)23-14-16-13-22-12-15-3-4-17(21)11-20(15)16/h3-8,11,13-14,23H,9-10,12H2,1-2H3/b16-14+. The van der Waals surface area contributed by atoms with E-state index in [1.165, 1.54) is 5.56 Å². The lowest BCUT2D eigenvalue weighted by atomic mass is 9.99. The maximum Gasteiger partial charge on any atom is 0.179 e. The molecule has 1 aliphatic rings. The second kappa shape index (κ2) is 8.37. The van der Waals surface area contributed by atoms with Crippen molar-refractivity contribution >= 4 is 43.2 Å². The number of benzene rings is 2. The van der Waals surface area contributed by atoms with E-state index in [-0.39, 0.29) is 5.75 Å². The highest BCUT2D eigenvalue weighted by molar-refractivity contribution is 9.10. The molecule has 0 bridgehead atoms. The number of fused-ring (bicyclic) bond motifs is 1. The van der Waals surface area contributed by atoms with Crippen molar-refractivity contribution in [3.05, 3.63) is 64.3 Å². The largest absolute Gasteiger partial charge is 0.361 e. The van der Waals surface area contributed by atoms with Gasteiger partial charge in [0, 0.05) is 34.7 Å². The zero-order valence-electron chi connectivity index (χ0n) is 15.3. The van der Waals surface area contributed by atoms with Gasteiger partial charge in [-0.3, -0.25) is 4.99 Å². The van der Waals surface area contributed by atoms with Crippen molar-refractivity contribution in [1.29, 1.82) is 0 Å². The first-order chi connectivity index (χ1) is 12.8. The van der Waals surface area contributed by atoms with Crippen molar-refractivity contribution in [2.45, 2.75) is 11.4 Å². The third-order valence-electron chi connectivity index (χ3n) is 4.29. The molecule has 0 saturated carbocycles. The molecule has 2 aromatic rings. The van der Waals surface area contributed by atoms with Crippen LogP contribution < -0.4 is 5.32 Å². The van der Waals surface area contributed by atoms with E-state index in [4.69, 9.17) is 0 Å². The van der Waals surface area contributed by atoms with Crippen molar-refractivity contribution < 1.29 is 8.42 Å². The van der Waals surface area contributed by atoms with E-state index in [1.807, 2.05) is 37.5 Å². The fourth-order valence-electron chi connectivity index (χ4n) is 2.72. The summed E-state index contributed by atoms with van der Waals surface area (Å²) in [6, 6.07) is 13.0. The zero-order chi connectivity index (χ0) is 19.4. The number of sulfone groups is 1. The minimum atomic E-state index is -3.26. The molecule has 0 unspecified atom stereocenters. The van der Waals surface area contributed by atoms with Crippen LogP contribution in [0.3, 0.4) is 0 Å². The maximum atomic E-state index is 12.3. The lowest BCUT2D eigenvalue weighted by molar-refractivity contribution is 0.432. The minimum Gasteiger partial charge on any atom is -0.361 e. The lowest BCUT2D eigenvalue weighted by Crippen LogP contribution is -2.21. The van der Waals surface area contributed by atoms with Gasteiger partial charge in [0.15, 0.2) is 9.84 Å². The maximum absolute atomic E-state index is 12.3. The summed E-state index contributed by atoms with van der Waals surface area (Å²) in [5.74, 6) is 0.110. The molecule has 0 atom stereocenters. The predicted octanol–water partition coefficient (Wildman–Crippen LogP) is 3.82. The Bertz CT molecular complexity index is 981. The van der Waals surface area contributed by atoms with E-state index in [0.717, 1.165) is 21.3 Å². The molecule has 27 heavy (non-hydrogen) atoms. The van der Waals surface area contributed by atoms with Crippen LogP contribution in [0.4, 0.5) is 5.69 Å². The number of hydrogen-bond donors (Lipinski definition) is 1. The van der Waals surface area contributed by atoms with Gasteiger partial charge in [-0.2, -0.15) is 0 Å². The molecular weight excluding hydrogens is 426 g/mol. The molecule has 0 fully saturated rings. The number of nitrogens with zero attached hydrogens (tertiary/aromatic N) is 2. The van der Waals surface area contributed by atoms with Crippen LogP contribution in [0, 0.1) is 0 Å². The summed E-state index contributed by atoms with van der Waals surface area (Å²) in [5.41, 5.74) is 4.12. The van der Waals surface area contributed by atoms with Gasteiger partial charge in [-0.15, -0.1) is 0 Å². The summed E-state index contributed by atoms with van der Waals surface area (Å²) in [5, 5.41) is 3.23. The molecule has 7 heteroatoms. The van der Waals surface area contributed by atoms with Crippen LogP contribution in [0.15, 0.2) is 63.0 Å². The summed E-state index contributed by atoms with van der Waals surface area (Å²) in [6.07, 6.45) is 3.74. The zero-order valence-corrected chi connectivity index (χ0v) is 17.7. The van der Waals surface area contributed by atoms with Gasteiger partial charge in [-0.05, 0) is 61.6 Å². The van der Waals surface area contributed by atoms with E-state index in [2.05, 4.69) is 38.4 Å². The molecule has 3 rings (SSSR count). The summed E-state index contributed by atoms with van der Waals surface area (Å²) in [7, 11) is 0.461. The van der Waals surface area contributed by atoms with Gasteiger partial charge in [-0.1, -0.05) is 22.0 Å². The molecule has 0 radical (unpaired) electrons. The number of rotatable bonds is 6. The highest BCUT2D eigenvalue weighted by Gasteiger charge is 2.14. The SMILES string of the molecule is CN(C)CCS(=O)(=O)c1ccc(N/C=C2\C=NCc3ccc(Br)cc32)cc1. The highest BCUT2D eigenvalue weighted by Crippen LogP contribution is 2.26. The van der Waals surface area contributed by atoms with E-state index in [9.17, 15) is 8.42 Å². The molecule has 142 valence electrons. The highest BCUT2D eigenvalue weighted by atomic mass is 79.9. The Morgan fingerprint density at radius 1 is 1.19 bits per heavy atom. The van der Waals surface area contributed by atoms with Gasteiger partial charge in [0.05, 0.1) is 17.2 Å². The van der Waals surface area contributed by atoms with Crippen molar-refractivity contribution in [3.8, 4) is 0 Å². The first-order valence-corrected chi connectivity index (χ1v) is 11.0. The minimum absolute atomic E-state index is 0.110. The second-order valence-corrected chi connectivity index (χ2v) is 9.69. The Kier molecular flexibility index (Phi) is 6.14. The average molecular weight is 448 g/mol. The average Bonchev–Trinajstić information content (AvgIpc) is 2.65.